The molecule has 0 aliphatic carbocycles. The number of amides is 1. The van der Waals surface area contributed by atoms with Crippen molar-refractivity contribution >= 4 is 11.6 Å². The maximum Gasteiger partial charge on any atom is 0.240 e. The van der Waals surface area contributed by atoms with Gasteiger partial charge in [-0.15, -0.1) is 0 Å². The average molecular weight is 222 g/mol. The van der Waals surface area contributed by atoms with E-state index in [-0.39, 0.29) is 25.6 Å². The fraction of sp³-hybridized carbons (Fsp3) is 0.417. The number of hydrogen-bond acceptors (Lipinski definition) is 3. The van der Waals surface area contributed by atoms with E-state index in [1.807, 2.05) is 32.0 Å². The van der Waals surface area contributed by atoms with Crippen LogP contribution < -0.4 is 10.6 Å². The third-order valence-corrected chi connectivity index (χ3v) is 2.51. The Morgan fingerprint density at radius 3 is 2.38 bits per heavy atom. The standard InChI is InChI=1S/C12H18N2O2/c1-9-4-3-5-10(2)12(9)14(6-7-15)11(16)8-13/h3-5,15H,6-8,13H2,1-2H3. The van der Waals surface area contributed by atoms with E-state index in [1.165, 1.54) is 0 Å². The zero-order chi connectivity index (χ0) is 12.1. The highest BCUT2D eigenvalue weighted by atomic mass is 16.3. The summed E-state index contributed by atoms with van der Waals surface area (Å²) in [6.45, 7) is 4.04. The summed E-state index contributed by atoms with van der Waals surface area (Å²) in [5.74, 6) is -0.175. The molecule has 4 heteroatoms. The molecule has 0 saturated carbocycles. The number of carbonyl (C=O) groups is 1. The van der Waals surface area contributed by atoms with Gasteiger partial charge in [0, 0.05) is 12.2 Å². The normalized spacial score (nSPS) is 10.2. The summed E-state index contributed by atoms with van der Waals surface area (Å²) in [6, 6.07) is 5.82. The second-order valence-corrected chi connectivity index (χ2v) is 3.71. The number of anilines is 1. The van der Waals surface area contributed by atoms with Crippen molar-refractivity contribution in [2.24, 2.45) is 5.73 Å². The van der Waals surface area contributed by atoms with E-state index >= 15 is 0 Å². The zero-order valence-corrected chi connectivity index (χ0v) is 9.73. The number of nitrogens with two attached hydrogens (primary N) is 1. The van der Waals surface area contributed by atoms with Gasteiger partial charge in [-0.1, -0.05) is 18.2 Å². The molecule has 3 N–H and O–H groups in total. The van der Waals surface area contributed by atoms with Gasteiger partial charge in [0.1, 0.15) is 0 Å². The van der Waals surface area contributed by atoms with Crippen LogP contribution in [0.25, 0.3) is 0 Å². The molecule has 0 fully saturated rings. The van der Waals surface area contributed by atoms with Crippen molar-refractivity contribution in [3.05, 3.63) is 29.3 Å². The molecule has 0 unspecified atom stereocenters. The van der Waals surface area contributed by atoms with E-state index < -0.39 is 0 Å². The lowest BCUT2D eigenvalue weighted by atomic mass is 10.1. The minimum atomic E-state index is -0.175. The van der Waals surface area contributed by atoms with E-state index in [1.54, 1.807) is 4.90 Å². The lowest BCUT2D eigenvalue weighted by Gasteiger charge is -2.25. The van der Waals surface area contributed by atoms with Gasteiger partial charge in [-0.05, 0) is 25.0 Å². The molecule has 1 amide bonds. The highest BCUT2D eigenvalue weighted by Crippen LogP contribution is 2.24. The molecule has 0 bridgehead atoms. The van der Waals surface area contributed by atoms with Crippen LogP contribution in [-0.2, 0) is 4.79 Å². The molecule has 0 radical (unpaired) electrons. The molecule has 0 aliphatic rings. The van der Waals surface area contributed by atoms with Crippen LogP contribution >= 0.6 is 0 Å². The second-order valence-electron chi connectivity index (χ2n) is 3.71. The van der Waals surface area contributed by atoms with Crippen molar-refractivity contribution in [1.29, 1.82) is 0 Å². The highest BCUT2D eigenvalue weighted by Gasteiger charge is 2.17. The van der Waals surface area contributed by atoms with Crippen molar-refractivity contribution in [3.8, 4) is 0 Å². The van der Waals surface area contributed by atoms with Crippen LogP contribution in [0.2, 0.25) is 0 Å². The number of hydrogen-bond donors (Lipinski definition) is 2. The maximum absolute atomic E-state index is 11.7. The zero-order valence-electron chi connectivity index (χ0n) is 9.73. The van der Waals surface area contributed by atoms with Crippen molar-refractivity contribution in [1.82, 2.24) is 0 Å². The minimum absolute atomic E-state index is 0.0478. The lowest BCUT2D eigenvalue weighted by molar-refractivity contribution is -0.117. The summed E-state index contributed by atoms with van der Waals surface area (Å²) in [5.41, 5.74) is 8.24. The summed E-state index contributed by atoms with van der Waals surface area (Å²) in [4.78, 5) is 13.2. The molecule has 1 rings (SSSR count). The van der Waals surface area contributed by atoms with E-state index in [9.17, 15) is 4.79 Å². The Hall–Kier alpha value is -1.39. The summed E-state index contributed by atoms with van der Waals surface area (Å²) in [7, 11) is 0. The van der Waals surface area contributed by atoms with E-state index in [2.05, 4.69) is 0 Å². The fourth-order valence-corrected chi connectivity index (χ4v) is 1.80. The number of aliphatic hydroxyl groups excluding tert-OH is 1. The molecular weight excluding hydrogens is 204 g/mol. The second kappa shape index (κ2) is 5.63. The fourth-order valence-electron chi connectivity index (χ4n) is 1.80. The predicted octanol–water partition coefficient (Wildman–Crippen LogP) is 0.587. The quantitative estimate of drug-likeness (QED) is 0.783. The minimum Gasteiger partial charge on any atom is -0.395 e. The molecule has 0 aliphatic heterocycles. The Balaban J connectivity index is 3.15. The highest BCUT2D eigenvalue weighted by molar-refractivity contribution is 5.96. The van der Waals surface area contributed by atoms with Crippen LogP contribution in [0, 0.1) is 13.8 Å². The van der Waals surface area contributed by atoms with Crippen molar-refractivity contribution in [2.75, 3.05) is 24.6 Å². The number of benzene rings is 1. The summed E-state index contributed by atoms with van der Waals surface area (Å²) in [5, 5.41) is 8.99. The average Bonchev–Trinajstić information content (AvgIpc) is 2.26. The maximum atomic E-state index is 11.7. The smallest absolute Gasteiger partial charge is 0.240 e. The molecule has 4 nitrogen and oxygen atoms in total. The first-order valence-corrected chi connectivity index (χ1v) is 5.29. The van der Waals surface area contributed by atoms with Gasteiger partial charge < -0.3 is 15.7 Å². The van der Waals surface area contributed by atoms with Crippen LogP contribution in [-0.4, -0.2) is 30.7 Å². The Kier molecular flexibility index (Phi) is 4.46. The summed E-state index contributed by atoms with van der Waals surface area (Å²) in [6.07, 6.45) is 0. The third-order valence-electron chi connectivity index (χ3n) is 2.51. The molecule has 0 heterocycles. The number of nitrogens with zero attached hydrogens (tertiary/aromatic N) is 1. The SMILES string of the molecule is Cc1cccc(C)c1N(CCO)C(=O)CN. The molecule has 0 atom stereocenters. The number of aliphatic hydroxyl groups is 1. The van der Waals surface area contributed by atoms with Crippen LogP contribution in [0.15, 0.2) is 18.2 Å². The van der Waals surface area contributed by atoms with Crippen LogP contribution in [0.3, 0.4) is 0 Å². The number of carbonyl (C=O) groups excluding carboxylic acids is 1. The van der Waals surface area contributed by atoms with Crippen molar-refractivity contribution < 1.29 is 9.90 Å². The van der Waals surface area contributed by atoms with Gasteiger partial charge in [0.05, 0.1) is 13.2 Å². The summed E-state index contributed by atoms with van der Waals surface area (Å²) < 4.78 is 0. The first-order chi connectivity index (χ1) is 7.61. The molecular formula is C12H18N2O2. The first kappa shape index (κ1) is 12.7. The van der Waals surface area contributed by atoms with E-state index in [4.69, 9.17) is 10.8 Å². The Morgan fingerprint density at radius 1 is 1.38 bits per heavy atom. The number of rotatable bonds is 4. The number of aryl methyl sites for hydroxylation is 2. The van der Waals surface area contributed by atoms with Crippen molar-refractivity contribution in [3.63, 3.8) is 0 Å². The van der Waals surface area contributed by atoms with Gasteiger partial charge in [-0.2, -0.15) is 0 Å². The number of para-hydroxylation sites is 1. The molecule has 0 saturated heterocycles. The summed E-state index contributed by atoms with van der Waals surface area (Å²) >= 11 is 0. The van der Waals surface area contributed by atoms with Gasteiger partial charge in [0.15, 0.2) is 0 Å². The topological polar surface area (TPSA) is 66.6 Å². The van der Waals surface area contributed by atoms with Gasteiger partial charge in [0.2, 0.25) is 5.91 Å². The lowest BCUT2D eigenvalue weighted by Crippen LogP contribution is -2.38. The van der Waals surface area contributed by atoms with Crippen molar-refractivity contribution in [2.45, 2.75) is 13.8 Å². The Morgan fingerprint density at radius 2 is 1.94 bits per heavy atom. The molecule has 16 heavy (non-hydrogen) atoms. The van der Waals surface area contributed by atoms with Crippen LogP contribution in [0.1, 0.15) is 11.1 Å². The molecule has 1 aromatic carbocycles. The molecule has 88 valence electrons. The first-order valence-electron chi connectivity index (χ1n) is 5.29. The van der Waals surface area contributed by atoms with E-state index in [0.717, 1.165) is 16.8 Å². The van der Waals surface area contributed by atoms with E-state index in [0.29, 0.717) is 0 Å². The Labute approximate surface area is 95.7 Å². The van der Waals surface area contributed by atoms with Crippen LogP contribution in [0.4, 0.5) is 5.69 Å². The van der Waals surface area contributed by atoms with Gasteiger partial charge >= 0.3 is 0 Å². The van der Waals surface area contributed by atoms with Gasteiger partial charge in [-0.25, -0.2) is 0 Å². The molecule has 1 aromatic rings. The molecule has 0 spiro atoms. The van der Waals surface area contributed by atoms with Gasteiger partial charge in [-0.3, -0.25) is 4.79 Å². The predicted molar refractivity (Wildman–Crippen MR) is 64.4 cm³/mol. The molecule has 0 aromatic heterocycles. The monoisotopic (exact) mass is 222 g/mol. The van der Waals surface area contributed by atoms with Gasteiger partial charge in [0.25, 0.3) is 0 Å². The largest absolute Gasteiger partial charge is 0.395 e. The third kappa shape index (κ3) is 2.59. The Bertz CT molecular complexity index is 357. The van der Waals surface area contributed by atoms with Crippen LogP contribution in [0.5, 0.6) is 0 Å².